The maximum atomic E-state index is 10.8. The Morgan fingerprint density at radius 1 is 0.600 bits per heavy atom. The second-order valence-corrected chi connectivity index (χ2v) is 11.8. The molecular weight excluding hydrogens is 488 g/mol. The van der Waals surface area contributed by atoms with Crippen LogP contribution in [0.3, 0.4) is 0 Å². The number of rotatable bonds is 4. The minimum Gasteiger partial charge on any atom is -0.508 e. The lowest BCUT2D eigenvalue weighted by Crippen LogP contribution is -2.25. The van der Waals surface area contributed by atoms with E-state index < -0.39 is 0 Å². The normalized spacial score (nSPS) is 13.0. The van der Waals surface area contributed by atoms with Gasteiger partial charge >= 0.3 is 0 Å². The lowest BCUT2D eigenvalue weighted by Gasteiger charge is -2.30. The van der Waals surface area contributed by atoms with E-state index in [0.29, 0.717) is 12.4 Å². The number of phenols is 1. The lowest BCUT2D eigenvalue weighted by molar-refractivity contribution is 0.471. The van der Waals surface area contributed by atoms with E-state index in [4.69, 9.17) is 0 Å². The van der Waals surface area contributed by atoms with Gasteiger partial charge in [0.25, 0.3) is 0 Å². The van der Waals surface area contributed by atoms with E-state index in [0.717, 1.165) is 22.6 Å². The second-order valence-electron chi connectivity index (χ2n) is 11.8. The summed E-state index contributed by atoms with van der Waals surface area (Å²) in [4.78, 5) is 4.78. The minimum absolute atomic E-state index is 0.0823. The van der Waals surface area contributed by atoms with Gasteiger partial charge in [0.05, 0.1) is 17.1 Å². The first-order valence-electron chi connectivity index (χ1n) is 14.0. The van der Waals surface area contributed by atoms with Crippen molar-refractivity contribution in [1.82, 2.24) is 0 Å². The summed E-state index contributed by atoms with van der Waals surface area (Å²) < 4.78 is 0. The van der Waals surface area contributed by atoms with Crippen LogP contribution in [0.2, 0.25) is 0 Å². The highest BCUT2D eigenvalue weighted by molar-refractivity contribution is 6.00. The third-order valence-electron chi connectivity index (χ3n) is 7.92. The number of benzene rings is 5. The Labute approximate surface area is 238 Å². The van der Waals surface area contributed by atoms with E-state index in [2.05, 4.69) is 141 Å². The molecular formula is C37H36N2O. The molecule has 3 heteroatoms. The van der Waals surface area contributed by atoms with Gasteiger partial charge in [-0.2, -0.15) is 0 Å². The van der Waals surface area contributed by atoms with E-state index in [-0.39, 0.29) is 5.41 Å². The van der Waals surface area contributed by atoms with Crippen LogP contribution < -0.4 is 9.80 Å². The van der Waals surface area contributed by atoms with Crippen molar-refractivity contribution in [2.75, 3.05) is 16.5 Å². The number of hydrogen-bond acceptors (Lipinski definition) is 3. The SMILES string of the molecule is Cc1cc(C)c(-c2ccccc2)c(N2CN(c3cc(O)cc(C(C)(C)C)c3)c3ccccc32)c1-c1ccccc1. The van der Waals surface area contributed by atoms with E-state index in [1.54, 1.807) is 0 Å². The first-order valence-corrected chi connectivity index (χ1v) is 14.0. The van der Waals surface area contributed by atoms with Gasteiger partial charge in [0.15, 0.2) is 0 Å². The van der Waals surface area contributed by atoms with Crippen LogP contribution in [0, 0.1) is 13.8 Å². The predicted molar refractivity (Wildman–Crippen MR) is 169 cm³/mol. The first-order chi connectivity index (χ1) is 19.2. The maximum absolute atomic E-state index is 10.8. The molecule has 0 unspecified atom stereocenters. The molecule has 5 aromatic rings. The van der Waals surface area contributed by atoms with E-state index in [1.807, 2.05) is 12.1 Å². The molecule has 6 rings (SSSR count). The summed E-state index contributed by atoms with van der Waals surface area (Å²) in [6.07, 6.45) is 0. The Kier molecular flexibility index (Phi) is 6.38. The van der Waals surface area contributed by atoms with Crippen LogP contribution in [0.15, 0.2) is 109 Å². The van der Waals surface area contributed by atoms with Gasteiger partial charge in [0.1, 0.15) is 12.4 Å². The third-order valence-corrected chi connectivity index (χ3v) is 7.92. The monoisotopic (exact) mass is 524 g/mol. The molecule has 0 aliphatic carbocycles. The van der Waals surface area contributed by atoms with Gasteiger partial charge in [-0.15, -0.1) is 0 Å². The van der Waals surface area contributed by atoms with Gasteiger partial charge in [-0.3, -0.25) is 0 Å². The van der Waals surface area contributed by atoms with Crippen molar-refractivity contribution < 1.29 is 5.11 Å². The van der Waals surface area contributed by atoms with E-state index >= 15 is 0 Å². The summed E-state index contributed by atoms with van der Waals surface area (Å²) in [6.45, 7) is 11.6. The van der Waals surface area contributed by atoms with Crippen LogP contribution >= 0.6 is 0 Å². The smallest absolute Gasteiger partial charge is 0.117 e. The molecule has 1 aliphatic heterocycles. The molecule has 0 fully saturated rings. The van der Waals surface area contributed by atoms with Crippen LogP contribution in [-0.2, 0) is 5.41 Å². The second kappa shape index (κ2) is 9.91. The maximum Gasteiger partial charge on any atom is 0.117 e. The quantitative estimate of drug-likeness (QED) is 0.253. The van der Waals surface area contributed by atoms with Crippen LogP contribution in [-0.4, -0.2) is 11.8 Å². The van der Waals surface area contributed by atoms with Crippen LogP contribution in [0.4, 0.5) is 22.7 Å². The highest BCUT2D eigenvalue weighted by atomic mass is 16.3. The summed E-state index contributed by atoms with van der Waals surface area (Å²) in [7, 11) is 0. The van der Waals surface area contributed by atoms with Crippen molar-refractivity contribution in [3.8, 4) is 28.0 Å². The van der Waals surface area contributed by atoms with Gasteiger partial charge < -0.3 is 14.9 Å². The van der Waals surface area contributed by atoms with Gasteiger partial charge in [-0.05, 0) is 71.3 Å². The van der Waals surface area contributed by atoms with E-state index in [9.17, 15) is 5.11 Å². The summed E-state index contributed by atoms with van der Waals surface area (Å²) >= 11 is 0. The number of phenolic OH excluding ortho intramolecular Hbond substituents is 1. The highest BCUT2D eigenvalue weighted by Gasteiger charge is 2.33. The summed E-state index contributed by atoms with van der Waals surface area (Å²) in [5.74, 6) is 0.291. The van der Waals surface area contributed by atoms with Crippen molar-refractivity contribution in [3.63, 3.8) is 0 Å². The van der Waals surface area contributed by atoms with Gasteiger partial charge in [0.2, 0.25) is 0 Å². The summed E-state index contributed by atoms with van der Waals surface area (Å²) in [5.41, 5.74) is 12.9. The predicted octanol–water partition coefficient (Wildman–Crippen LogP) is 9.89. The fourth-order valence-corrected chi connectivity index (χ4v) is 5.99. The molecule has 200 valence electrons. The molecule has 1 aliphatic rings. The fourth-order valence-electron chi connectivity index (χ4n) is 5.99. The summed E-state index contributed by atoms with van der Waals surface area (Å²) in [6, 6.07) is 38.4. The molecule has 0 radical (unpaired) electrons. The first kappa shape index (κ1) is 25.8. The molecule has 1 N–H and O–H groups in total. The molecule has 3 nitrogen and oxygen atoms in total. The number of anilines is 4. The van der Waals surface area contributed by atoms with Crippen molar-refractivity contribution in [2.45, 2.75) is 40.0 Å². The fraction of sp³-hybridized carbons (Fsp3) is 0.189. The Morgan fingerprint density at radius 3 is 1.62 bits per heavy atom. The number of nitrogens with zero attached hydrogens (tertiary/aromatic N) is 2. The Balaban J connectivity index is 1.62. The van der Waals surface area contributed by atoms with Gasteiger partial charge in [0, 0.05) is 22.9 Å². The minimum atomic E-state index is -0.0823. The highest BCUT2D eigenvalue weighted by Crippen LogP contribution is 2.52. The van der Waals surface area contributed by atoms with Crippen LogP contribution in [0.1, 0.15) is 37.5 Å². The molecule has 0 aromatic heterocycles. The Bertz CT molecular complexity index is 1620. The molecule has 0 amide bonds. The zero-order valence-corrected chi connectivity index (χ0v) is 23.9. The van der Waals surface area contributed by atoms with Gasteiger partial charge in [-0.25, -0.2) is 0 Å². The van der Waals surface area contributed by atoms with E-state index in [1.165, 1.54) is 39.1 Å². The molecule has 0 bridgehead atoms. The molecule has 0 saturated carbocycles. The topological polar surface area (TPSA) is 26.7 Å². The largest absolute Gasteiger partial charge is 0.508 e. The molecule has 1 heterocycles. The zero-order valence-electron chi connectivity index (χ0n) is 23.9. The van der Waals surface area contributed by atoms with Crippen molar-refractivity contribution in [2.24, 2.45) is 0 Å². The van der Waals surface area contributed by atoms with Crippen molar-refractivity contribution in [1.29, 1.82) is 0 Å². The van der Waals surface area contributed by atoms with Crippen molar-refractivity contribution >= 4 is 22.7 Å². The number of fused-ring (bicyclic) bond motifs is 1. The number of aryl methyl sites for hydroxylation is 2. The standard InChI is InChI=1S/C37H36N2O/c1-25-20-26(2)35(28-16-10-7-11-17-28)36(34(25)27-14-8-6-9-15-27)39-24-38(32-18-12-13-19-33(32)39)30-21-29(37(3,4)5)22-31(40)23-30/h6-23,40H,24H2,1-5H3. The Hall–Kier alpha value is -4.50. The zero-order chi connectivity index (χ0) is 28.0. The van der Waals surface area contributed by atoms with Crippen molar-refractivity contribution in [3.05, 3.63) is 126 Å². The average Bonchev–Trinajstić information content (AvgIpc) is 3.32. The number of para-hydroxylation sites is 2. The summed E-state index contributed by atoms with van der Waals surface area (Å²) in [5, 5.41) is 10.8. The van der Waals surface area contributed by atoms with Crippen LogP contribution in [0.5, 0.6) is 5.75 Å². The molecule has 0 saturated heterocycles. The molecule has 0 spiro atoms. The number of aromatic hydroxyl groups is 1. The number of hydrogen-bond donors (Lipinski definition) is 1. The van der Waals surface area contributed by atoms with Crippen LogP contribution in [0.25, 0.3) is 22.3 Å². The third kappa shape index (κ3) is 4.52. The van der Waals surface area contributed by atoms with Gasteiger partial charge in [-0.1, -0.05) is 99.6 Å². The molecule has 40 heavy (non-hydrogen) atoms. The lowest BCUT2D eigenvalue weighted by atomic mass is 9.86. The average molecular weight is 525 g/mol. The molecule has 5 aromatic carbocycles. The molecule has 0 atom stereocenters. The Morgan fingerprint density at radius 2 is 1.10 bits per heavy atom.